The summed E-state index contributed by atoms with van der Waals surface area (Å²) in [7, 11) is 0. The van der Waals surface area contributed by atoms with Gasteiger partial charge in [0.1, 0.15) is 0 Å². The van der Waals surface area contributed by atoms with Crippen molar-refractivity contribution in [1.29, 1.82) is 0 Å². The van der Waals surface area contributed by atoms with E-state index in [2.05, 4.69) is 53.9 Å². The minimum Gasteiger partial charge on any atom is -0.330 e. The molecule has 0 aliphatic heterocycles. The van der Waals surface area contributed by atoms with Crippen LogP contribution < -0.4 is 5.73 Å². The molecule has 0 aliphatic rings. The van der Waals surface area contributed by atoms with Crippen molar-refractivity contribution in [1.82, 2.24) is 9.78 Å². The van der Waals surface area contributed by atoms with Gasteiger partial charge < -0.3 is 5.73 Å². The molecule has 0 fully saturated rings. The van der Waals surface area contributed by atoms with E-state index in [0.717, 1.165) is 22.3 Å². The van der Waals surface area contributed by atoms with Crippen molar-refractivity contribution in [2.75, 3.05) is 6.54 Å². The lowest BCUT2D eigenvalue weighted by atomic mass is 10.00. The van der Waals surface area contributed by atoms with E-state index < -0.39 is 0 Å². The molecule has 1 unspecified atom stereocenters. The highest BCUT2D eigenvalue weighted by atomic mass is 79.9. The number of nitrogens with two attached hydrogens (primary N) is 1. The topological polar surface area (TPSA) is 43.8 Å². The fourth-order valence-corrected chi connectivity index (χ4v) is 2.50. The number of hydrogen-bond donors (Lipinski definition) is 1. The lowest BCUT2D eigenvalue weighted by molar-refractivity contribution is 0.589. The molecule has 0 radical (unpaired) electrons. The third-order valence-electron chi connectivity index (χ3n) is 3.47. The Morgan fingerprint density at radius 3 is 2.47 bits per heavy atom. The molecule has 0 saturated carbocycles. The van der Waals surface area contributed by atoms with E-state index >= 15 is 0 Å². The summed E-state index contributed by atoms with van der Waals surface area (Å²) in [6.07, 6.45) is 0.991. The van der Waals surface area contributed by atoms with Gasteiger partial charge in [0.05, 0.1) is 11.4 Å². The van der Waals surface area contributed by atoms with Crippen LogP contribution in [0.4, 0.5) is 0 Å². The van der Waals surface area contributed by atoms with Gasteiger partial charge in [0.25, 0.3) is 0 Å². The second-order valence-corrected chi connectivity index (χ2v) is 6.00. The zero-order chi connectivity index (χ0) is 14.0. The quantitative estimate of drug-likeness (QED) is 0.938. The minimum atomic E-state index is 0.486. The predicted molar refractivity (Wildman–Crippen MR) is 82.7 cm³/mol. The van der Waals surface area contributed by atoms with Gasteiger partial charge in [0, 0.05) is 10.2 Å². The van der Waals surface area contributed by atoms with Crippen LogP contribution in [-0.2, 0) is 6.42 Å². The van der Waals surface area contributed by atoms with Gasteiger partial charge in [0.2, 0.25) is 0 Å². The first kappa shape index (κ1) is 14.3. The normalized spacial score (nSPS) is 12.7. The van der Waals surface area contributed by atoms with Gasteiger partial charge >= 0.3 is 0 Å². The summed E-state index contributed by atoms with van der Waals surface area (Å²) >= 11 is 3.45. The van der Waals surface area contributed by atoms with E-state index in [0.29, 0.717) is 12.5 Å². The van der Waals surface area contributed by atoms with E-state index in [-0.39, 0.29) is 0 Å². The van der Waals surface area contributed by atoms with E-state index in [9.17, 15) is 0 Å². The number of benzene rings is 1. The highest BCUT2D eigenvalue weighted by Gasteiger charge is 2.14. The maximum Gasteiger partial charge on any atom is 0.0649 e. The second kappa shape index (κ2) is 5.88. The molecule has 4 heteroatoms. The first-order chi connectivity index (χ1) is 9.02. The number of aryl methyl sites for hydroxylation is 1. The van der Waals surface area contributed by atoms with Crippen LogP contribution in [0.2, 0.25) is 0 Å². The van der Waals surface area contributed by atoms with E-state index in [1.54, 1.807) is 0 Å². The molecule has 102 valence electrons. The molecule has 0 saturated heterocycles. The van der Waals surface area contributed by atoms with Gasteiger partial charge in [-0.1, -0.05) is 22.9 Å². The largest absolute Gasteiger partial charge is 0.330 e. The third kappa shape index (κ3) is 3.07. The van der Waals surface area contributed by atoms with Crippen molar-refractivity contribution in [3.05, 3.63) is 45.7 Å². The molecule has 1 aromatic heterocycles. The molecule has 19 heavy (non-hydrogen) atoms. The van der Waals surface area contributed by atoms with E-state index in [1.807, 2.05) is 16.8 Å². The average molecular weight is 322 g/mol. The van der Waals surface area contributed by atoms with Gasteiger partial charge in [-0.2, -0.15) is 5.10 Å². The molecule has 1 heterocycles. The van der Waals surface area contributed by atoms with Crippen LogP contribution in [0, 0.1) is 19.8 Å². The molecule has 2 N–H and O–H groups in total. The number of rotatable bonds is 4. The molecule has 0 aliphatic carbocycles. The molecule has 0 amide bonds. The SMILES string of the molecule is Cc1nn(-c2ccc(Br)cc2)c(C)c1CC(C)CN. The molecule has 1 aromatic carbocycles. The Bertz CT molecular complexity index is 558. The summed E-state index contributed by atoms with van der Waals surface area (Å²) in [5, 5.41) is 4.66. The second-order valence-electron chi connectivity index (χ2n) is 5.08. The van der Waals surface area contributed by atoms with Gasteiger partial charge in [-0.3, -0.25) is 0 Å². The maximum atomic E-state index is 5.72. The monoisotopic (exact) mass is 321 g/mol. The van der Waals surface area contributed by atoms with Crippen molar-refractivity contribution < 1.29 is 0 Å². The van der Waals surface area contributed by atoms with E-state index in [4.69, 9.17) is 5.73 Å². The first-order valence-corrected chi connectivity index (χ1v) is 7.33. The van der Waals surface area contributed by atoms with Crippen molar-refractivity contribution >= 4 is 15.9 Å². The zero-order valence-corrected chi connectivity index (χ0v) is 13.2. The van der Waals surface area contributed by atoms with Crippen molar-refractivity contribution in [3.8, 4) is 5.69 Å². The van der Waals surface area contributed by atoms with Crippen molar-refractivity contribution in [3.63, 3.8) is 0 Å². The van der Waals surface area contributed by atoms with Crippen LogP contribution in [0.15, 0.2) is 28.7 Å². The number of halogens is 1. The standard InChI is InChI=1S/C15H20BrN3/c1-10(9-17)8-15-11(2)18-19(12(15)3)14-6-4-13(16)5-7-14/h4-7,10H,8-9,17H2,1-3H3. The Hall–Kier alpha value is -1.13. The van der Waals surface area contributed by atoms with Gasteiger partial charge in [-0.05, 0) is 62.6 Å². The lowest BCUT2D eigenvalue weighted by Gasteiger charge is -2.09. The fourth-order valence-electron chi connectivity index (χ4n) is 2.24. The first-order valence-electron chi connectivity index (χ1n) is 6.54. The minimum absolute atomic E-state index is 0.486. The van der Waals surface area contributed by atoms with Gasteiger partial charge in [0.15, 0.2) is 0 Å². The Balaban J connectivity index is 2.38. The van der Waals surface area contributed by atoms with Crippen LogP contribution >= 0.6 is 15.9 Å². The Morgan fingerprint density at radius 2 is 1.89 bits per heavy atom. The number of nitrogens with zero attached hydrogens (tertiary/aromatic N) is 2. The summed E-state index contributed by atoms with van der Waals surface area (Å²) in [6.45, 7) is 7.08. The summed E-state index contributed by atoms with van der Waals surface area (Å²) in [5.74, 6) is 0.486. The van der Waals surface area contributed by atoms with Crippen molar-refractivity contribution in [2.45, 2.75) is 27.2 Å². The van der Waals surface area contributed by atoms with Crippen molar-refractivity contribution in [2.24, 2.45) is 11.7 Å². The highest BCUT2D eigenvalue weighted by molar-refractivity contribution is 9.10. The maximum absolute atomic E-state index is 5.72. The predicted octanol–water partition coefficient (Wildman–Crippen LogP) is 3.39. The smallest absolute Gasteiger partial charge is 0.0649 e. The lowest BCUT2D eigenvalue weighted by Crippen LogP contribution is -2.14. The van der Waals surface area contributed by atoms with Crippen LogP contribution in [0.3, 0.4) is 0 Å². The fraction of sp³-hybridized carbons (Fsp3) is 0.400. The molecule has 2 aromatic rings. The van der Waals surface area contributed by atoms with Crippen LogP contribution in [-0.4, -0.2) is 16.3 Å². The molecule has 1 atom stereocenters. The van der Waals surface area contributed by atoms with Crippen LogP contribution in [0.5, 0.6) is 0 Å². The molecule has 0 bridgehead atoms. The Morgan fingerprint density at radius 1 is 1.26 bits per heavy atom. The molecule has 0 spiro atoms. The summed E-state index contributed by atoms with van der Waals surface area (Å²) < 4.78 is 3.09. The third-order valence-corrected chi connectivity index (χ3v) is 4.00. The van der Waals surface area contributed by atoms with Crippen LogP contribution in [0.1, 0.15) is 23.9 Å². The molecular weight excluding hydrogens is 302 g/mol. The molecule has 3 nitrogen and oxygen atoms in total. The summed E-state index contributed by atoms with van der Waals surface area (Å²) in [6, 6.07) is 8.21. The number of hydrogen-bond acceptors (Lipinski definition) is 2. The number of aromatic nitrogens is 2. The van der Waals surface area contributed by atoms with Crippen LogP contribution in [0.25, 0.3) is 5.69 Å². The summed E-state index contributed by atoms with van der Waals surface area (Å²) in [5.41, 5.74) is 10.4. The summed E-state index contributed by atoms with van der Waals surface area (Å²) in [4.78, 5) is 0. The van der Waals surface area contributed by atoms with Gasteiger partial charge in [-0.15, -0.1) is 0 Å². The van der Waals surface area contributed by atoms with E-state index in [1.165, 1.54) is 11.3 Å². The zero-order valence-electron chi connectivity index (χ0n) is 11.7. The average Bonchev–Trinajstić information content (AvgIpc) is 2.67. The Labute approximate surface area is 122 Å². The highest BCUT2D eigenvalue weighted by Crippen LogP contribution is 2.21. The molecular formula is C15H20BrN3. The Kier molecular flexibility index (Phi) is 4.42. The molecule has 2 rings (SSSR count). The van der Waals surface area contributed by atoms with Gasteiger partial charge in [-0.25, -0.2) is 4.68 Å².